The SMILES string of the molecule is O=Cc1ccc2nc(C(=O)N3CCc4cc(Cl)ccc4C3)cn2c1. The summed E-state index contributed by atoms with van der Waals surface area (Å²) in [5, 5.41) is 0.722. The number of aromatic nitrogens is 2. The van der Waals surface area contributed by atoms with E-state index in [1.807, 2.05) is 18.2 Å². The summed E-state index contributed by atoms with van der Waals surface area (Å²) in [6, 6.07) is 9.19. The number of carbonyl (C=O) groups excluding carboxylic acids is 2. The largest absolute Gasteiger partial charge is 0.333 e. The quantitative estimate of drug-likeness (QED) is 0.674. The Labute approximate surface area is 143 Å². The molecule has 24 heavy (non-hydrogen) atoms. The van der Waals surface area contributed by atoms with Gasteiger partial charge in [0.15, 0.2) is 6.29 Å². The predicted molar refractivity (Wildman–Crippen MR) is 90.5 cm³/mol. The van der Waals surface area contributed by atoms with Crippen molar-refractivity contribution in [2.75, 3.05) is 6.54 Å². The van der Waals surface area contributed by atoms with Crippen LogP contribution in [0.5, 0.6) is 0 Å². The van der Waals surface area contributed by atoms with Crippen LogP contribution >= 0.6 is 11.6 Å². The van der Waals surface area contributed by atoms with Crippen LogP contribution in [0.4, 0.5) is 0 Å². The van der Waals surface area contributed by atoms with Crippen molar-refractivity contribution >= 4 is 29.4 Å². The summed E-state index contributed by atoms with van der Waals surface area (Å²) in [6.07, 6.45) is 4.89. The van der Waals surface area contributed by atoms with Crippen LogP contribution in [0.1, 0.15) is 32.0 Å². The topological polar surface area (TPSA) is 54.7 Å². The fourth-order valence-electron chi connectivity index (χ4n) is 3.04. The molecule has 3 heterocycles. The molecule has 0 N–H and O–H groups in total. The highest BCUT2D eigenvalue weighted by atomic mass is 35.5. The maximum Gasteiger partial charge on any atom is 0.274 e. The third-order valence-electron chi connectivity index (χ3n) is 4.30. The Morgan fingerprint density at radius 2 is 2.04 bits per heavy atom. The molecule has 1 amide bonds. The molecule has 0 unspecified atom stereocenters. The number of amides is 1. The van der Waals surface area contributed by atoms with Gasteiger partial charge < -0.3 is 9.30 Å². The molecule has 0 radical (unpaired) electrons. The third-order valence-corrected chi connectivity index (χ3v) is 4.53. The molecule has 120 valence electrons. The van der Waals surface area contributed by atoms with Crippen molar-refractivity contribution < 1.29 is 9.59 Å². The summed E-state index contributed by atoms with van der Waals surface area (Å²) in [7, 11) is 0. The van der Waals surface area contributed by atoms with Crippen LogP contribution in [0.25, 0.3) is 5.65 Å². The third kappa shape index (κ3) is 2.57. The summed E-state index contributed by atoms with van der Waals surface area (Å²) in [4.78, 5) is 29.8. The summed E-state index contributed by atoms with van der Waals surface area (Å²) < 4.78 is 1.70. The molecule has 6 heteroatoms. The Hall–Kier alpha value is -2.66. The second kappa shape index (κ2) is 5.76. The Morgan fingerprint density at radius 1 is 1.17 bits per heavy atom. The lowest BCUT2D eigenvalue weighted by Crippen LogP contribution is -2.36. The molecule has 1 aliphatic rings. The van der Waals surface area contributed by atoms with Gasteiger partial charge in [-0.05, 0) is 41.8 Å². The Morgan fingerprint density at radius 3 is 2.88 bits per heavy atom. The van der Waals surface area contributed by atoms with E-state index in [0.29, 0.717) is 30.0 Å². The van der Waals surface area contributed by atoms with Crippen LogP contribution in [0.15, 0.2) is 42.7 Å². The number of hydrogen-bond donors (Lipinski definition) is 0. The lowest BCUT2D eigenvalue weighted by Gasteiger charge is -2.28. The Balaban J connectivity index is 1.62. The molecule has 0 saturated carbocycles. The summed E-state index contributed by atoms with van der Waals surface area (Å²) in [6.45, 7) is 1.19. The van der Waals surface area contributed by atoms with E-state index in [2.05, 4.69) is 4.98 Å². The van der Waals surface area contributed by atoms with Gasteiger partial charge in [-0.15, -0.1) is 0 Å². The van der Waals surface area contributed by atoms with Crippen LogP contribution in [0.2, 0.25) is 5.02 Å². The van der Waals surface area contributed by atoms with Crippen LogP contribution < -0.4 is 0 Å². The number of nitrogens with zero attached hydrogens (tertiary/aromatic N) is 3. The van der Waals surface area contributed by atoms with Gasteiger partial charge in [-0.25, -0.2) is 4.98 Å². The molecule has 0 atom stereocenters. The van der Waals surface area contributed by atoms with Gasteiger partial charge in [-0.1, -0.05) is 17.7 Å². The number of carbonyl (C=O) groups is 2. The van der Waals surface area contributed by atoms with Crippen molar-refractivity contribution in [2.24, 2.45) is 0 Å². The van der Waals surface area contributed by atoms with E-state index < -0.39 is 0 Å². The van der Waals surface area contributed by atoms with Gasteiger partial charge in [-0.3, -0.25) is 9.59 Å². The van der Waals surface area contributed by atoms with Crippen LogP contribution in [0.3, 0.4) is 0 Å². The first-order valence-corrected chi connectivity index (χ1v) is 8.02. The minimum atomic E-state index is -0.105. The van der Waals surface area contributed by atoms with Crippen molar-refractivity contribution in [1.29, 1.82) is 0 Å². The number of rotatable bonds is 2. The minimum absolute atomic E-state index is 0.105. The molecule has 0 bridgehead atoms. The highest BCUT2D eigenvalue weighted by Crippen LogP contribution is 2.23. The lowest BCUT2D eigenvalue weighted by molar-refractivity contribution is 0.0729. The van der Waals surface area contributed by atoms with E-state index in [4.69, 9.17) is 11.6 Å². The summed E-state index contributed by atoms with van der Waals surface area (Å²) in [5.74, 6) is -0.105. The second-order valence-electron chi connectivity index (χ2n) is 5.86. The van der Waals surface area contributed by atoms with Crippen LogP contribution in [0, 0.1) is 0 Å². The first kappa shape index (κ1) is 14.9. The van der Waals surface area contributed by atoms with E-state index in [0.717, 1.165) is 23.3 Å². The molecule has 1 aliphatic heterocycles. The molecule has 0 spiro atoms. The molecule has 0 fully saturated rings. The zero-order valence-electron chi connectivity index (χ0n) is 12.8. The fourth-order valence-corrected chi connectivity index (χ4v) is 3.23. The number of benzene rings is 1. The maximum atomic E-state index is 12.8. The fraction of sp³-hybridized carbons (Fsp3) is 0.167. The standard InChI is InChI=1S/C18H14ClN3O2/c19-15-3-2-14-9-21(6-5-13(14)7-15)18(24)16-10-22-8-12(11-23)1-4-17(22)20-16/h1-4,7-8,10-11H,5-6,9H2. The van der Waals surface area contributed by atoms with E-state index in [1.54, 1.807) is 33.8 Å². The molecule has 4 rings (SSSR count). The Bertz CT molecular complexity index is 964. The number of imidazole rings is 1. The molecular weight excluding hydrogens is 326 g/mol. The molecule has 0 saturated heterocycles. The van der Waals surface area contributed by atoms with Gasteiger partial charge in [0.1, 0.15) is 11.3 Å². The number of pyridine rings is 1. The molecule has 1 aromatic carbocycles. The smallest absolute Gasteiger partial charge is 0.274 e. The number of fused-ring (bicyclic) bond motifs is 2. The monoisotopic (exact) mass is 339 g/mol. The lowest BCUT2D eigenvalue weighted by atomic mass is 10.00. The highest BCUT2D eigenvalue weighted by molar-refractivity contribution is 6.30. The van der Waals surface area contributed by atoms with Crippen LogP contribution in [-0.4, -0.2) is 33.0 Å². The summed E-state index contributed by atoms with van der Waals surface area (Å²) >= 11 is 6.02. The van der Waals surface area contributed by atoms with Crippen molar-refractivity contribution in [2.45, 2.75) is 13.0 Å². The van der Waals surface area contributed by atoms with E-state index in [9.17, 15) is 9.59 Å². The second-order valence-corrected chi connectivity index (χ2v) is 6.30. The van der Waals surface area contributed by atoms with Gasteiger partial charge in [0.25, 0.3) is 5.91 Å². The predicted octanol–water partition coefficient (Wildman–Crippen LogP) is 3.00. The average molecular weight is 340 g/mol. The van der Waals surface area contributed by atoms with Crippen molar-refractivity contribution in [3.63, 3.8) is 0 Å². The van der Waals surface area contributed by atoms with Crippen molar-refractivity contribution in [3.8, 4) is 0 Å². The molecule has 0 aliphatic carbocycles. The molecule has 3 aromatic rings. The number of aldehydes is 1. The van der Waals surface area contributed by atoms with E-state index in [1.165, 1.54) is 5.56 Å². The minimum Gasteiger partial charge on any atom is -0.333 e. The zero-order valence-corrected chi connectivity index (χ0v) is 13.5. The van der Waals surface area contributed by atoms with Gasteiger partial charge in [0.2, 0.25) is 0 Å². The average Bonchev–Trinajstić information content (AvgIpc) is 3.03. The van der Waals surface area contributed by atoms with Gasteiger partial charge in [-0.2, -0.15) is 0 Å². The van der Waals surface area contributed by atoms with Gasteiger partial charge >= 0.3 is 0 Å². The van der Waals surface area contributed by atoms with Crippen molar-refractivity contribution in [3.05, 3.63) is 70.1 Å². The van der Waals surface area contributed by atoms with Crippen LogP contribution in [-0.2, 0) is 13.0 Å². The normalized spacial score (nSPS) is 13.8. The highest BCUT2D eigenvalue weighted by Gasteiger charge is 2.23. The molecule has 2 aromatic heterocycles. The first-order chi connectivity index (χ1) is 11.6. The zero-order chi connectivity index (χ0) is 16.7. The van der Waals surface area contributed by atoms with Gasteiger partial charge in [0.05, 0.1) is 0 Å². The molecular formula is C18H14ClN3O2. The van der Waals surface area contributed by atoms with E-state index >= 15 is 0 Å². The molecule has 5 nitrogen and oxygen atoms in total. The number of halogens is 1. The van der Waals surface area contributed by atoms with Crippen molar-refractivity contribution in [1.82, 2.24) is 14.3 Å². The van der Waals surface area contributed by atoms with Gasteiger partial charge in [0, 0.05) is 36.1 Å². The van der Waals surface area contributed by atoms with E-state index in [-0.39, 0.29) is 5.91 Å². The first-order valence-electron chi connectivity index (χ1n) is 7.64. The maximum absolute atomic E-state index is 12.8. The Kier molecular flexibility index (Phi) is 3.58. The summed E-state index contributed by atoms with van der Waals surface area (Å²) in [5.41, 5.74) is 3.88. The number of hydrogen-bond acceptors (Lipinski definition) is 3.